The minimum absolute atomic E-state index is 0.144. The summed E-state index contributed by atoms with van der Waals surface area (Å²) < 4.78 is 0. The van der Waals surface area contributed by atoms with Gasteiger partial charge in [0.05, 0.1) is 5.92 Å². The number of carbonyl (C=O) groups excluding carboxylic acids is 1. The molecule has 0 fully saturated rings. The summed E-state index contributed by atoms with van der Waals surface area (Å²) in [6.07, 6.45) is 1.79. The number of rotatable bonds is 4. The number of benzene rings is 1. The summed E-state index contributed by atoms with van der Waals surface area (Å²) in [7, 11) is 0. The second kappa shape index (κ2) is 5.35. The molecule has 0 aliphatic heterocycles. The van der Waals surface area contributed by atoms with Gasteiger partial charge in [-0.2, -0.15) is 0 Å². The van der Waals surface area contributed by atoms with Gasteiger partial charge in [0.25, 0.3) is 0 Å². The van der Waals surface area contributed by atoms with Crippen LogP contribution in [0.5, 0.6) is 0 Å². The molecule has 94 valence electrons. The summed E-state index contributed by atoms with van der Waals surface area (Å²) in [5.74, 6) is -0.371. The van der Waals surface area contributed by atoms with Crippen molar-refractivity contribution in [3.8, 4) is 0 Å². The van der Waals surface area contributed by atoms with Crippen molar-refractivity contribution in [3.05, 3.63) is 35.4 Å². The normalized spacial score (nSPS) is 13.4. The van der Waals surface area contributed by atoms with Crippen LogP contribution in [-0.2, 0) is 10.2 Å². The van der Waals surface area contributed by atoms with Gasteiger partial charge in [-0.25, -0.2) is 0 Å². The molecule has 0 saturated carbocycles. The molecule has 0 radical (unpaired) electrons. The summed E-state index contributed by atoms with van der Waals surface area (Å²) >= 11 is 0. The van der Waals surface area contributed by atoms with Crippen LogP contribution in [0.3, 0.4) is 0 Å². The average molecular weight is 233 g/mol. The van der Waals surface area contributed by atoms with Crippen molar-refractivity contribution in [2.45, 2.75) is 51.9 Å². The Morgan fingerprint density at radius 1 is 1.24 bits per heavy atom. The fourth-order valence-corrected chi connectivity index (χ4v) is 1.98. The van der Waals surface area contributed by atoms with Gasteiger partial charge in [0, 0.05) is 0 Å². The molecule has 2 nitrogen and oxygen atoms in total. The molecule has 1 amide bonds. The van der Waals surface area contributed by atoms with Gasteiger partial charge in [-0.05, 0) is 23.0 Å². The quantitative estimate of drug-likeness (QED) is 0.851. The van der Waals surface area contributed by atoms with Crippen LogP contribution < -0.4 is 5.73 Å². The zero-order valence-corrected chi connectivity index (χ0v) is 11.3. The van der Waals surface area contributed by atoms with E-state index in [2.05, 4.69) is 39.8 Å². The molecule has 0 heterocycles. The first-order valence-electron chi connectivity index (χ1n) is 6.26. The molecule has 0 aromatic heterocycles. The van der Waals surface area contributed by atoms with Gasteiger partial charge in [0.15, 0.2) is 0 Å². The first-order chi connectivity index (χ1) is 7.86. The highest BCUT2D eigenvalue weighted by atomic mass is 16.1. The molecule has 1 rings (SSSR count). The van der Waals surface area contributed by atoms with E-state index in [1.807, 2.05) is 12.1 Å². The van der Waals surface area contributed by atoms with E-state index >= 15 is 0 Å². The first kappa shape index (κ1) is 13.8. The van der Waals surface area contributed by atoms with Crippen LogP contribution in [0, 0.1) is 0 Å². The minimum Gasteiger partial charge on any atom is -0.369 e. The number of carbonyl (C=O) groups is 1. The lowest BCUT2D eigenvalue weighted by Gasteiger charge is -2.20. The number of hydrogen-bond acceptors (Lipinski definition) is 1. The Bertz CT molecular complexity index is 373. The van der Waals surface area contributed by atoms with Crippen molar-refractivity contribution in [1.82, 2.24) is 0 Å². The maximum atomic E-state index is 11.4. The Morgan fingerprint density at radius 2 is 1.76 bits per heavy atom. The monoisotopic (exact) mass is 233 g/mol. The Hall–Kier alpha value is -1.31. The highest BCUT2D eigenvalue weighted by molar-refractivity contribution is 5.81. The second-order valence-electron chi connectivity index (χ2n) is 5.62. The molecule has 0 bridgehead atoms. The van der Waals surface area contributed by atoms with E-state index in [0.29, 0.717) is 0 Å². The maximum Gasteiger partial charge on any atom is 0.224 e. The standard InChI is InChI=1S/C15H23NO/c1-5-6-13(14(16)17)11-7-9-12(10-8-11)15(2,3)4/h7-10,13H,5-6H2,1-4H3,(H2,16,17)/t13-/m1/s1. The zero-order chi connectivity index (χ0) is 13.1. The molecule has 1 atom stereocenters. The minimum atomic E-state index is -0.227. The van der Waals surface area contributed by atoms with Gasteiger partial charge in [-0.15, -0.1) is 0 Å². The van der Waals surface area contributed by atoms with Gasteiger partial charge < -0.3 is 5.73 Å². The molecule has 1 aromatic carbocycles. The van der Waals surface area contributed by atoms with E-state index in [9.17, 15) is 4.79 Å². The number of primary amides is 1. The molecule has 2 N–H and O–H groups in total. The Balaban J connectivity index is 2.96. The molecule has 0 saturated heterocycles. The molecule has 2 heteroatoms. The Labute approximate surface area is 104 Å². The van der Waals surface area contributed by atoms with Crippen molar-refractivity contribution < 1.29 is 4.79 Å². The number of hydrogen-bond donors (Lipinski definition) is 1. The van der Waals surface area contributed by atoms with Crippen molar-refractivity contribution >= 4 is 5.91 Å². The van der Waals surface area contributed by atoms with Crippen LogP contribution in [0.25, 0.3) is 0 Å². The number of nitrogens with two attached hydrogens (primary N) is 1. The molecule has 17 heavy (non-hydrogen) atoms. The maximum absolute atomic E-state index is 11.4. The topological polar surface area (TPSA) is 43.1 Å². The highest BCUT2D eigenvalue weighted by Gasteiger charge is 2.18. The summed E-state index contributed by atoms with van der Waals surface area (Å²) in [6, 6.07) is 8.26. The summed E-state index contributed by atoms with van der Waals surface area (Å²) in [6.45, 7) is 8.61. The molecule has 0 aliphatic rings. The number of amides is 1. The Morgan fingerprint density at radius 3 is 2.12 bits per heavy atom. The van der Waals surface area contributed by atoms with Gasteiger partial charge in [0.1, 0.15) is 0 Å². The lowest BCUT2D eigenvalue weighted by Crippen LogP contribution is -2.21. The predicted molar refractivity (Wildman–Crippen MR) is 72.0 cm³/mol. The highest BCUT2D eigenvalue weighted by Crippen LogP contribution is 2.26. The second-order valence-corrected chi connectivity index (χ2v) is 5.62. The van der Waals surface area contributed by atoms with E-state index in [-0.39, 0.29) is 17.2 Å². The van der Waals surface area contributed by atoms with Crippen molar-refractivity contribution in [1.29, 1.82) is 0 Å². The van der Waals surface area contributed by atoms with Gasteiger partial charge >= 0.3 is 0 Å². The predicted octanol–water partition coefficient (Wildman–Crippen LogP) is 3.35. The third kappa shape index (κ3) is 3.58. The van der Waals surface area contributed by atoms with Crippen LogP contribution in [0.2, 0.25) is 0 Å². The summed E-state index contributed by atoms with van der Waals surface area (Å²) in [5.41, 5.74) is 7.90. The molecule has 1 aromatic rings. The average Bonchev–Trinajstić information content (AvgIpc) is 2.24. The van der Waals surface area contributed by atoms with Crippen LogP contribution in [0.4, 0.5) is 0 Å². The van der Waals surface area contributed by atoms with E-state index < -0.39 is 0 Å². The van der Waals surface area contributed by atoms with Crippen molar-refractivity contribution in [2.24, 2.45) is 5.73 Å². The lowest BCUT2D eigenvalue weighted by molar-refractivity contribution is -0.119. The van der Waals surface area contributed by atoms with Crippen LogP contribution >= 0.6 is 0 Å². The molecular formula is C15H23NO. The van der Waals surface area contributed by atoms with E-state index in [1.54, 1.807) is 0 Å². The summed E-state index contributed by atoms with van der Waals surface area (Å²) in [5, 5.41) is 0. The molecule has 0 unspecified atom stereocenters. The molecule has 0 spiro atoms. The Kier molecular flexibility index (Phi) is 4.33. The third-order valence-electron chi connectivity index (χ3n) is 3.10. The fourth-order valence-electron chi connectivity index (χ4n) is 1.98. The molecule has 0 aliphatic carbocycles. The van der Waals surface area contributed by atoms with Crippen LogP contribution in [-0.4, -0.2) is 5.91 Å². The third-order valence-corrected chi connectivity index (χ3v) is 3.10. The molecular weight excluding hydrogens is 210 g/mol. The van der Waals surface area contributed by atoms with Crippen LogP contribution in [0.15, 0.2) is 24.3 Å². The largest absolute Gasteiger partial charge is 0.369 e. The van der Waals surface area contributed by atoms with E-state index in [1.165, 1.54) is 5.56 Å². The van der Waals surface area contributed by atoms with Crippen LogP contribution in [0.1, 0.15) is 57.6 Å². The van der Waals surface area contributed by atoms with Gasteiger partial charge in [-0.1, -0.05) is 58.4 Å². The summed E-state index contributed by atoms with van der Waals surface area (Å²) in [4.78, 5) is 11.4. The van der Waals surface area contributed by atoms with Crippen molar-refractivity contribution in [3.63, 3.8) is 0 Å². The first-order valence-corrected chi connectivity index (χ1v) is 6.26. The lowest BCUT2D eigenvalue weighted by atomic mass is 9.85. The van der Waals surface area contributed by atoms with Gasteiger partial charge in [-0.3, -0.25) is 4.79 Å². The SMILES string of the molecule is CCC[C@@H](C(N)=O)c1ccc(C(C)(C)C)cc1. The van der Waals surface area contributed by atoms with Gasteiger partial charge in [0.2, 0.25) is 5.91 Å². The van der Waals surface area contributed by atoms with E-state index in [0.717, 1.165) is 18.4 Å². The smallest absolute Gasteiger partial charge is 0.224 e. The van der Waals surface area contributed by atoms with E-state index in [4.69, 9.17) is 5.73 Å². The fraction of sp³-hybridized carbons (Fsp3) is 0.533. The zero-order valence-electron chi connectivity index (χ0n) is 11.3. The van der Waals surface area contributed by atoms with Crippen molar-refractivity contribution in [2.75, 3.05) is 0 Å².